The summed E-state index contributed by atoms with van der Waals surface area (Å²) >= 11 is 0. The van der Waals surface area contributed by atoms with Crippen molar-refractivity contribution in [3.8, 4) is 6.07 Å². The highest BCUT2D eigenvalue weighted by Crippen LogP contribution is 2.26. The maximum absolute atomic E-state index is 10.9. The Hall–Kier alpha value is -2.72. The van der Waals surface area contributed by atoms with E-state index in [1.165, 1.54) is 12.1 Å². The maximum Gasteiger partial charge on any atom is 0.270 e. The summed E-state index contributed by atoms with van der Waals surface area (Å²) in [4.78, 5) is 19.7. The number of rotatable bonds is 4. The minimum absolute atomic E-state index is 0.0262. The number of non-ortho nitro benzene ring substituents is 1. The minimum Gasteiger partial charge on any atom is -0.354 e. The smallest absolute Gasteiger partial charge is 0.270 e. The summed E-state index contributed by atoms with van der Waals surface area (Å²) in [5.74, 6) is 0.768. The summed E-state index contributed by atoms with van der Waals surface area (Å²) in [6, 6.07) is 8.35. The van der Waals surface area contributed by atoms with Crippen LogP contribution in [0.2, 0.25) is 0 Å². The molecule has 24 heavy (non-hydrogen) atoms. The zero-order chi connectivity index (χ0) is 17.1. The number of nitro groups is 1. The zero-order valence-corrected chi connectivity index (χ0v) is 13.6. The number of piperazine rings is 1. The highest BCUT2D eigenvalue weighted by Gasteiger charge is 2.19. The Labute approximate surface area is 140 Å². The molecule has 1 aromatic carbocycles. The van der Waals surface area contributed by atoms with Crippen molar-refractivity contribution in [2.45, 2.75) is 13.3 Å². The number of nitrogens with zero attached hydrogens (tertiary/aromatic N) is 5. The van der Waals surface area contributed by atoms with Crippen molar-refractivity contribution >= 4 is 22.4 Å². The maximum atomic E-state index is 10.9. The van der Waals surface area contributed by atoms with E-state index in [4.69, 9.17) is 0 Å². The standard InChI is InChI=1S/C17H19N5O2/c1-2-5-20-6-8-21(9-7-20)17-10-13(12-18)15-11-14(22(23)24)3-4-16(15)19-17/h3-4,10-11H,2,5-9H2,1H3. The van der Waals surface area contributed by atoms with Gasteiger partial charge in [-0.25, -0.2) is 4.98 Å². The molecule has 1 fully saturated rings. The molecule has 3 rings (SSSR count). The van der Waals surface area contributed by atoms with Crippen LogP contribution in [0.5, 0.6) is 0 Å². The van der Waals surface area contributed by atoms with Gasteiger partial charge in [-0.3, -0.25) is 15.0 Å². The Bertz CT molecular complexity index is 806. The first-order valence-electron chi connectivity index (χ1n) is 8.09. The number of hydrogen-bond acceptors (Lipinski definition) is 6. The van der Waals surface area contributed by atoms with Crippen LogP contribution >= 0.6 is 0 Å². The summed E-state index contributed by atoms with van der Waals surface area (Å²) in [5, 5.41) is 20.9. The van der Waals surface area contributed by atoms with E-state index in [-0.39, 0.29) is 5.69 Å². The second kappa shape index (κ2) is 6.81. The number of benzene rings is 1. The Morgan fingerprint density at radius 3 is 2.67 bits per heavy atom. The van der Waals surface area contributed by atoms with E-state index in [9.17, 15) is 15.4 Å². The van der Waals surface area contributed by atoms with Crippen LogP contribution < -0.4 is 4.90 Å². The van der Waals surface area contributed by atoms with Crippen molar-refractivity contribution in [2.75, 3.05) is 37.6 Å². The molecular formula is C17H19N5O2. The van der Waals surface area contributed by atoms with Crippen molar-refractivity contribution < 1.29 is 4.92 Å². The van der Waals surface area contributed by atoms with Crippen molar-refractivity contribution in [2.24, 2.45) is 0 Å². The minimum atomic E-state index is -0.457. The van der Waals surface area contributed by atoms with Gasteiger partial charge in [0.15, 0.2) is 0 Å². The SMILES string of the molecule is CCCN1CCN(c2cc(C#N)c3cc([N+](=O)[O-])ccc3n2)CC1. The van der Waals surface area contributed by atoms with E-state index in [1.807, 2.05) is 0 Å². The molecule has 0 radical (unpaired) electrons. The van der Waals surface area contributed by atoms with Gasteiger partial charge in [-0.1, -0.05) is 6.92 Å². The number of pyridine rings is 1. The van der Waals surface area contributed by atoms with Crippen molar-refractivity contribution in [1.29, 1.82) is 5.26 Å². The Kier molecular flexibility index (Phi) is 4.58. The molecule has 2 aromatic rings. The van der Waals surface area contributed by atoms with Crippen molar-refractivity contribution in [3.05, 3.63) is 39.9 Å². The number of fused-ring (bicyclic) bond motifs is 1. The largest absolute Gasteiger partial charge is 0.354 e. The molecule has 1 saturated heterocycles. The lowest BCUT2D eigenvalue weighted by atomic mass is 10.1. The molecule has 0 saturated carbocycles. The highest BCUT2D eigenvalue weighted by molar-refractivity contribution is 5.88. The molecule has 7 nitrogen and oxygen atoms in total. The fourth-order valence-corrected chi connectivity index (χ4v) is 3.08. The molecule has 0 spiro atoms. The predicted molar refractivity (Wildman–Crippen MR) is 92.1 cm³/mol. The summed E-state index contributed by atoms with van der Waals surface area (Å²) in [6.45, 7) is 6.99. The van der Waals surface area contributed by atoms with Crippen LogP contribution in [0.4, 0.5) is 11.5 Å². The van der Waals surface area contributed by atoms with Crippen LogP contribution in [0.1, 0.15) is 18.9 Å². The van der Waals surface area contributed by atoms with Crippen molar-refractivity contribution in [3.63, 3.8) is 0 Å². The fraction of sp³-hybridized carbons (Fsp3) is 0.412. The number of aromatic nitrogens is 1. The van der Waals surface area contributed by atoms with Crippen LogP contribution in [-0.4, -0.2) is 47.5 Å². The molecule has 7 heteroatoms. The molecule has 0 aliphatic carbocycles. The summed E-state index contributed by atoms with van der Waals surface area (Å²) in [5.41, 5.74) is 1.02. The monoisotopic (exact) mass is 325 g/mol. The Morgan fingerprint density at radius 1 is 1.29 bits per heavy atom. The van der Waals surface area contributed by atoms with Crippen LogP contribution in [0.15, 0.2) is 24.3 Å². The molecule has 0 unspecified atom stereocenters. The number of hydrogen-bond donors (Lipinski definition) is 0. The average Bonchev–Trinajstić information content (AvgIpc) is 2.61. The van der Waals surface area contributed by atoms with Gasteiger partial charge < -0.3 is 4.90 Å². The van der Waals surface area contributed by atoms with Crippen LogP contribution in [0, 0.1) is 21.4 Å². The summed E-state index contributed by atoms with van der Waals surface area (Å²) < 4.78 is 0. The topological polar surface area (TPSA) is 86.3 Å². The highest BCUT2D eigenvalue weighted by atomic mass is 16.6. The molecule has 1 aliphatic heterocycles. The number of anilines is 1. The van der Waals surface area contributed by atoms with Gasteiger partial charge in [-0.2, -0.15) is 5.26 Å². The lowest BCUT2D eigenvalue weighted by Crippen LogP contribution is -2.46. The summed E-state index contributed by atoms with van der Waals surface area (Å²) in [7, 11) is 0. The molecule has 0 amide bonds. The third kappa shape index (κ3) is 3.14. The number of nitro benzene ring substituents is 1. The second-order valence-electron chi connectivity index (χ2n) is 5.93. The lowest BCUT2D eigenvalue weighted by molar-refractivity contribution is -0.384. The zero-order valence-electron chi connectivity index (χ0n) is 13.6. The van der Waals surface area contributed by atoms with Gasteiger partial charge in [0.25, 0.3) is 5.69 Å². The van der Waals surface area contributed by atoms with Gasteiger partial charge >= 0.3 is 0 Å². The van der Waals surface area contributed by atoms with Gasteiger partial charge in [0.2, 0.25) is 0 Å². The fourth-order valence-electron chi connectivity index (χ4n) is 3.08. The Morgan fingerprint density at radius 2 is 2.04 bits per heavy atom. The lowest BCUT2D eigenvalue weighted by Gasteiger charge is -2.35. The Balaban J connectivity index is 1.92. The van der Waals surface area contributed by atoms with E-state index >= 15 is 0 Å². The summed E-state index contributed by atoms with van der Waals surface area (Å²) in [6.07, 6.45) is 1.14. The molecule has 0 N–H and O–H groups in total. The van der Waals surface area contributed by atoms with Gasteiger partial charge in [0.05, 0.1) is 22.1 Å². The van der Waals surface area contributed by atoms with Gasteiger partial charge in [-0.15, -0.1) is 0 Å². The quantitative estimate of drug-likeness (QED) is 0.634. The molecule has 1 aliphatic rings. The van der Waals surface area contributed by atoms with Gasteiger partial charge in [0.1, 0.15) is 5.82 Å². The molecule has 2 heterocycles. The van der Waals surface area contributed by atoms with Crippen LogP contribution in [0.3, 0.4) is 0 Å². The molecule has 124 valence electrons. The van der Waals surface area contributed by atoms with Crippen LogP contribution in [-0.2, 0) is 0 Å². The van der Waals surface area contributed by atoms with E-state index in [1.54, 1.807) is 12.1 Å². The van der Waals surface area contributed by atoms with E-state index in [2.05, 4.69) is 27.8 Å². The van der Waals surface area contributed by atoms with E-state index < -0.39 is 4.92 Å². The van der Waals surface area contributed by atoms with Crippen LogP contribution in [0.25, 0.3) is 10.9 Å². The first kappa shape index (κ1) is 16.1. The molecule has 0 bridgehead atoms. The van der Waals surface area contributed by atoms with Gasteiger partial charge in [-0.05, 0) is 25.1 Å². The third-order valence-corrected chi connectivity index (χ3v) is 4.35. The first-order chi connectivity index (χ1) is 11.6. The second-order valence-corrected chi connectivity index (χ2v) is 5.93. The molecule has 0 atom stereocenters. The van der Waals surface area contributed by atoms with Gasteiger partial charge in [0, 0.05) is 43.7 Å². The van der Waals surface area contributed by atoms with Crippen molar-refractivity contribution in [1.82, 2.24) is 9.88 Å². The first-order valence-corrected chi connectivity index (χ1v) is 8.09. The number of nitriles is 1. The molecule has 1 aromatic heterocycles. The van der Waals surface area contributed by atoms with E-state index in [0.717, 1.165) is 45.0 Å². The predicted octanol–water partition coefficient (Wildman–Crippen LogP) is 2.55. The molecular weight excluding hydrogens is 306 g/mol. The average molecular weight is 325 g/mol. The van der Waals surface area contributed by atoms with E-state index in [0.29, 0.717) is 16.5 Å². The normalized spacial score (nSPS) is 15.4. The third-order valence-electron chi connectivity index (χ3n) is 4.35.